The number of hydrogen-bond acceptors (Lipinski definition) is 5. The Hall–Kier alpha value is -2.97. The van der Waals surface area contributed by atoms with Gasteiger partial charge in [0, 0.05) is 19.7 Å². The van der Waals surface area contributed by atoms with Gasteiger partial charge in [-0.15, -0.1) is 0 Å². The van der Waals surface area contributed by atoms with Crippen LogP contribution in [-0.4, -0.2) is 48.0 Å². The van der Waals surface area contributed by atoms with Gasteiger partial charge >= 0.3 is 0 Å². The topological polar surface area (TPSA) is 81.5 Å². The first-order valence-corrected chi connectivity index (χ1v) is 14.6. The molecular formula is C29H37N3O4S. The fraction of sp³-hybridized carbons (Fsp3) is 0.448. The summed E-state index contributed by atoms with van der Waals surface area (Å²) in [7, 11) is -3.69. The van der Waals surface area contributed by atoms with Crippen LogP contribution in [0.15, 0.2) is 66.0 Å². The van der Waals surface area contributed by atoms with E-state index in [1.165, 1.54) is 0 Å². The zero-order valence-electron chi connectivity index (χ0n) is 22.0. The van der Waals surface area contributed by atoms with Crippen LogP contribution < -0.4 is 0 Å². The van der Waals surface area contributed by atoms with Crippen molar-refractivity contribution in [3.05, 3.63) is 83.2 Å². The second-order valence-electron chi connectivity index (χ2n) is 10.3. The zero-order valence-corrected chi connectivity index (χ0v) is 22.8. The average molecular weight is 524 g/mol. The van der Waals surface area contributed by atoms with Crippen molar-refractivity contribution in [2.24, 2.45) is 5.92 Å². The molecule has 2 heterocycles. The minimum absolute atomic E-state index is 0.00884. The van der Waals surface area contributed by atoms with E-state index in [1.807, 2.05) is 75.4 Å². The Labute approximate surface area is 220 Å². The van der Waals surface area contributed by atoms with Gasteiger partial charge in [-0.25, -0.2) is 13.4 Å². The second kappa shape index (κ2) is 12.0. The van der Waals surface area contributed by atoms with Gasteiger partial charge in [-0.2, -0.15) is 0 Å². The van der Waals surface area contributed by atoms with Crippen molar-refractivity contribution in [3.8, 4) is 0 Å². The highest BCUT2D eigenvalue weighted by molar-refractivity contribution is 7.90. The van der Waals surface area contributed by atoms with Gasteiger partial charge in [-0.1, -0.05) is 68.4 Å². The molecule has 4 rings (SSSR count). The maximum atomic E-state index is 13.5. The van der Waals surface area contributed by atoms with Crippen LogP contribution in [0.4, 0.5) is 0 Å². The molecule has 1 amide bonds. The monoisotopic (exact) mass is 523 g/mol. The van der Waals surface area contributed by atoms with Crippen LogP contribution >= 0.6 is 0 Å². The maximum absolute atomic E-state index is 13.5. The SMILES string of the molecule is Cc1ccccc1CS(=O)(=O)c1ncc(CN(C[C@@H]2CCCO2)C(=O)Cc2ccccc2)n1CC(C)C. The lowest BCUT2D eigenvalue weighted by Crippen LogP contribution is -2.38. The molecule has 1 aliphatic rings. The Morgan fingerprint density at radius 1 is 1.14 bits per heavy atom. The number of benzene rings is 2. The standard InChI is InChI=1S/C29H37N3O4S/c1-22(2)18-32-26(17-30-29(32)37(34,35)21-25-13-8-7-10-23(25)3)19-31(20-27-14-9-15-36-27)28(33)16-24-11-5-4-6-12-24/h4-8,10-13,17,22,27H,9,14-16,18-21H2,1-3H3/t27-/m0/s1. The third kappa shape index (κ3) is 7.08. The van der Waals surface area contributed by atoms with Gasteiger partial charge in [0.15, 0.2) is 0 Å². The summed E-state index contributed by atoms with van der Waals surface area (Å²) in [4.78, 5) is 19.6. The van der Waals surface area contributed by atoms with E-state index < -0.39 is 9.84 Å². The predicted octanol–water partition coefficient (Wildman–Crippen LogP) is 4.57. The first-order valence-electron chi connectivity index (χ1n) is 13.0. The normalized spacial score (nSPS) is 15.8. The number of hydrogen-bond donors (Lipinski definition) is 0. The summed E-state index contributed by atoms with van der Waals surface area (Å²) in [5.41, 5.74) is 3.36. The number of rotatable bonds is 11. The van der Waals surface area contributed by atoms with Crippen molar-refractivity contribution in [3.63, 3.8) is 0 Å². The quantitative estimate of drug-likeness (QED) is 0.368. The second-order valence-corrected chi connectivity index (χ2v) is 12.2. The van der Waals surface area contributed by atoms with E-state index in [0.29, 0.717) is 19.7 Å². The number of aryl methyl sites for hydroxylation is 1. The maximum Gasteiger partial charge on any atom is 0.228 e. The molecule has 7 nitrogen and oxygen atoms in total. The smallest absolute Gasteiger partial charge is 0.228 e. The number of sulfone groups is 1. The summed E-state index contributed by atoms with van der Waals surface area (Å²) in [6, 6.07) is 17.2. The molecule has 0 saturated carbocycles. The van der Waals surface area contributed by atoms with Gasteiger partial charge in [0.05, 0.1) is 36.7 Å². The largest absolute Gasteiger partial charge is 0.376 e. The molecule has 0 bridgehead atoms. The first-order chi connectivity index (χ1) is 17.7. The van der Waals surface area contributed by atoms with Crippen LogP contribution in [0.2, 0.25) is 0 Å². The van der Waals surface area contributed by atoms with Gasteiger partial charge in [0.2, 0.25) is 20.9 Å². The Morgan fingerprint density at radius 3 is 2.54 bits per heavy atom. The predicted molar refractivity (Wildman–Crippen MR) is 144 cm³/mol. The van der Waals surface area contributed by atoms with Crippen molar-refractivity contribution < 1.29 is 17.9 Å². The van der Waals surface area contributed by atoms with Crippen molar-refractivity contribution in [2.45, 2.75) is 70.1 Å². The molecule has 8 heteroatoms. The summed E-state index contributed by atoms with van der Waals surface area (Å²) in [5, 5.41) is 0.0621. The number of ether oxygens (including phenoxy) is 1. The van der Waals surface area contributed by atoms with Crippen molar-refractivity contribution in [1.29, 1.82) is 0 Å². The number of carbonyl (C=O) groups excluding carboxylic acids is 1. The van der Waals surface area contributed by atoms with E-state index in [4.69, 9.17) is 4.74 Å². The van der Waals surface area contributed by atoms with Crippen LogP contribution in [0, 0.1) is 12.8 Å². The minimum Gasteiger partial charge on any atom is -0.376 e. The summed E-state index contributed by atoms with van der Waals surface area (Å²) >= 11 is 0. The Bertz CT molecular complexity index is 1300. The molecule has 1 aromatic heterocycles. The number of amides is 1. The lowest BCUT2D eigenvalue weighted by molar-refractivity contribution is -0.132. The Balaban J connectivity index is 1.63. The van der Waals surface area contributed by atoms with E-state index >= 15 is 0 Å². The summed E-state index contributed by atoms with van der Waals surface area (Å²) < 4.78 is 34.7. The number of nitrogens with zero attached hydrogens (tertiary/aromatic N) is 3. The molecule has 1 fully saturated rings. The Kier molecular flexibility index (Phi) is 8.82. The zero-order chi connectivity index (χ0) is 26.4. The van der Waals surface area contributed by atoms with Crippen molar-refractivity contribution in [1.82, 2.24) is 14.5 Å². The van der Waals surface area contributed by atoms with Crippen LogP contribution in [0.1, 0.15) is 49.1 Å². The number of carbonyl (C=O) groups is 1. The summed E-state index contributed by atoms with van der Waals surface area (Å²) in [6.45, 7) is 7.97. The lowest BCUT2D eigenvalue weighted by Gasteiger charge is -2.26. The van der Waals surface area contributed by atoms with Crippen LogP contribution in [0.5, 0.6) is 0 Å². The van der Waals surface area contributed by atoms with E-state index in [0.717, 1.165) is 35.2 Å². The molecular weight excluding hydrogens is 486 g/mol. The van der Waals surface area contributed by atoms with Crippen molar-refractivity contribution >= 4 is 15.7 Å². The molecule has 1 aliphatic heterocycles. The molecule has 0 unspecified atom stereocenters. The third-order valence-electron chi connectivity index (χ3n) is 6.69. The van der Waals surface area contributed by atoms with Gasteiger partial charge in [0.25, 0.3) is 0 Å². The summed E-state index contributed by atoms with van der Waals surface area (Å²) in [6.07, 6.45) is 3.79. The molecule has 37 heavy (non-hydrogen) atoms. The molecule has 0 spiro atoms. The average Bonchev–Trinajstić information content (AvgIpc) is 3.51. The number of aromatic nitrogens is 2. The van der Waals surface area contributed by atoms with E-state index in [9.17, 15) is 13.2 Å². The molecule has 0 aliphatic carbocycles. The molecule has 3 aromatic rings. The van der Waals surface area contributed by atoms with Gasteiger partial charge in [0.1, 0.15) is 0 Å². The van der Waals surface area contributed by atoms with Crippen LogP contribution in [-0.2, 0) is 44.6 Å². The molecule has 0 radical (unpaired) electrons. The molecule has 0 N–H and O–H groups in total. The van der Waals surface area contributed by atoms with E-state index in [-0.39, 0.29) is 41.8 Å². The summed E-state index contributed by atoms with van der Waals surface area (Å²) in [5.74, 6) is 0.0798. The highest BCUT2D eigenvalue weighted by Gasteiger charge is 2.28. The van der Waals surface area contributed by atoms with Crippen LogP contribution in [0.25, 0.3) is 0 Å². The molecule has 1 saturated heterocycles. The molecule has 198 valence electrons. The van der Waals surface area contributed by atoms with Crippen LogP contribution in [0.3, 0.4) is 0 Å². The fourth-order valence-corrected chi connectivity index (χ4v) is 6.34. The third-order valence-corrected chi connectivity index (χ3v) is 8.26. The van der Waals surface area contributed by atoms with E-state index in [1.54, 1.807) is 15.7 Å². The fourth-order valence-electron chi connectivity index (χ4n) is 4.73. The van der Waals surface area contributed by atoms with Gasteiger partial charge in [-0.05, 0) is 42.4 Å². The highest BCUT2D eigenvalue weighted by Crippen LogP contribution is 2.23. The van der Waals surface area contributed by atoms with Gasteiger partial charge in [-0.3, -0.25) is 4.79 Å². The Morgan fingerprint density at radius 2 is 1.86 bits per heavy atom. The first kappa shape index (κ1) is 27.1. The van der Waals surface area contributed by atoms with Gasteiger partial charge < -0.3 is 14.2 Å². The number of imidazole rings is 1. The minimum atomic E-state index is -3.69. The lowest BCUT2D eigenvalue weighted by atomic mass is 10.1. The molecule has 1 atom stereocenters. The highest BCUT2D eigenvalue weighted by atomic mass is 32.2. The molecule has 2 aromatic carbocycles. The van der Waals surface area contributed by atoms with Crippen molar-refractivity contribution in [2.75, 3.05) is 13.2 Å². The van der Waals surface area contributed by atoms with E-state index in [2.05, 4.69) is 4.98 Å².